The average Bonchev–Trinajstić information content (AvgIpc) is 3.18. The number of amides is 2. The fourth-order valence-electron chi connectivity index (χ4n) is 4.12. The van der Waals surface area contributed by atoms with Gasteiger partial charge in [0.25, 0.3) is 5.91 Å². The van der Waals surface area contributed by atoms with Crippen molar-refractivity contribution in [2.45, 2.75) is 83.6 Å². The summed E-state index contributed by atoms with van der Waals surface area (Å²) in [5, 5.41) is 15.7. The molecule has 174 valence electrons. The van der Waals surface area contributed by atoms with Crippen LogP contribution in [0.1, 0.15) is 80.7 Å². The van der Waals surface area contributed by atoms with Gasteiger partial charge >= 0.3 is 0 Å². The van der Waals surface area contributed by atoms with E-state index in [1.54, 1.807) is 0 Å². The zero-order valence-electron chi connectivity index (χ0n) is 19.6. The van der Waals surface area contributed by atoms with Gasteiger partial charge in [0.1, 0.15) is 0 Å². The fourth-order valence-corrected chi connectivity index (χ4v) is 4.94. The smallest absolute Gasteiger partial charge is 0.251 e. The lowest BCUT2D eigenvalue weighted by Gasteiger charge is -2.23. The van der Waals surface area contributed by atoms with Gasteiger partial charge in [-0.05, 0) is 44.7 Å². The topological polar surface area (TPSA) is 88.9 Å². The Labute approximate surface area is 195 Å². The molecule has 0 radical (unpaired) electrons. The summed E-state index contributed by atoms with van der Waals surface area (Å²) in [5.41, 5.74) is 1.67. The molecule has 8 heteroatoms. The number of thioether (sulfide) groups is 1. The molecule has 1 aromatic heterocycles. The molecule has 1 fully saturated rings. The summed E-state index contributed by atoms with van der Waals surface area (Å²) in [5.74, 6) is 1.09. The number of hydrogen-bond donors (Lipinski definition) is 2. The number of hydrogen-bond acceptors (Lipinski definition) is 5. The van der Waals surface area contributed by atoms with Crippen LogP contribution in [-0.2, 0) is 11.3 Å². The first-order valence-corrected chi connectivity index (χ1v) is 12.6. The third kappa shape index (κ3) is 6.34. The molecule has 1 heterocycles. The van der Waals surface area contributed by atoms with E-state index in [2.05, 4.69) is 34.7 Å². The predicted molar refractivity (Wildman–Crippen MR) is 128 cm³/mol. The van der Waals surface area contributed by atoms with E-state index in [1.807, 2.05) is 42.7 Å². The van der Waals surface area contributed by atoms with E-state index in [-0.39, 0.29) is 23.8 Å². The summed E-state index contributed by atoms with van der Waals surface area (Å²) >= 11 is 1.40. The van der Waals surface area contributed by atoms with Crippen LogP contribution < -0.4 is 10.6 Å². The predicted octanol–water partition coefficient (Wildman–Crippen LogP) is 4.27. The van der Waals surface area contributed by atoms with E-state index in [0.29, 0.717) is 29.1 Å². The van der Waals surface area contributed by atoms with Crippen LogP contribution in [0.3, 0.4) is 0 Å². The molecule has 1 aliphatic rings. The molecular formula is C24H35N5O2S. The standard InChI is InChI=1S/C24H35N5O2S/c1-5-29-22(21(16(2)3)26-23(31)18-11-9-10-17(4)14-18)27-28-24(29)32-15-20(30)25-19-12-7-6-8-13-19/h9-11,14,16,19,21H,5-8,12-13,15H2,1-4H3,(H,25,30)(H,26,31)/t21-/m1/s1. The van der Waals surface area contributed by atoms with Gasteiger partial charge in [-0.3, -0.25) is 9.59 Å². The summed E-state index contributed by atoms with van der Waals surface area (Å²) in [4.78, 5) is 25.3. The Bertz CT molecular complexity index is 921. The van der Waals surface area contributed by atoms with Gasteiger partial charge in [-0.1, -0.05) is 62.6 Å². The molecule has 32 heavy (non-hydrogen) atoms. The number of nitrogens with zero attached hydrogens (tertiary/aromatic N) is 3. The first-order chi connectivity index (χ1) is 15.4. The van der Waals surface area contributed by atoms with Crippen molar-refractivity contribution in [3.05, 3.63) is 41.2 Å². The number of carbonyl (C=O) groups is 2. The molecule has 0 bridgehead atoms. The van der Waals surface area contributed by atoms with E-state index in [4.69, 9.17) is 0 Å². The highest BCUT2D eigenvalue weighted by Gasteiger charge is 2.26. The summed E-state index contributed by atoms with van der Waals surface area (Å²) in [6.07, 6.45) is 5.79. The monoisotopic (exact) mass is 457 g/mol. The van der Waals surface area contributed by atoms with Gasteiger partial charge in [-0.2, -0.15) is 0 Å². The first kappa shape index (κ1) is 24.3. The molecule has 1 aromatic carbocycles. The molecule has 1 saturated carbocycles. The molecule has 7 nitrogen and oxygen atoms in total. The molecular weight excluding hydrogens is 422 g/mol. The van der Waals surface area contributed by atoms with Crippen molar-refractivity contribution in [3.63, 3.8) is 0 Å². The number of aromatic nitrogens is 3. The molecule has 2 aromatic rings. The number of carbonyl (C=O) groups excluding carboxylic acids is 2. The number of rotatable bonds is 9. The highest BCUT2D eigenvalue weighted by Crippen LogP contribution is 2.26. The van der Waals surface area contributed by atoms with E-state index in [1.165, 1.54) is 31.0 Å². The van der Waals surface area contributed by atoms with E-state index in [9.17, 15) is 9.59 Å². The molecule has 0 aliphatic heterocycles. The van der Waals surface area contributed by atoms with Crippen LogP contribution in [0.4, 0.5) is 0 Å². The van der Waals surface area contributed by atoms with Crippen LogP contribution in [0.5, 0.6) is 0 Å². The molecule has 3 rings (SSSR count). The van der Waals surface area contributed by atoms with Crippen LogP contribution in [0.2, 0.25) is 0 Å². The van der Waals surface area contributed by atoms with Crippen molar-refractivity contribution in [1.82, 2.24) is 25.4 Å². The highest BCUT2D eigenvalue weighted by atomic mass is 32.2. The third-order valence-corrected chi connectivity index (χ3v) is 6.84. The molecule has 1 atom stereocenters. The van der Waals surface area contributed by atoms with Gasteiger partial charge in [0, 0.05) is 18.2 Å². The Kier molecular flexibility index (Phi) is 8.73. The normalized spacial score (nSPS) is 15.5. The summed E-state index contributed by atoms with van der Waals surface area (Å²) in [7, 11) is 0. The Morgan fingerprint density at radius 2 is 1.94 bits per heavy atom. The van der Waals surface area contributed by atoms with Crippen LogP contribution in [0.15, 0.2) is 29.4 Å². The maximum atomic E-state index is 12.9. The summed E-state index contributed by atoms with van der Waals surface area (Å²) in [6, 6.07) is 7.58. The third-order valence-electron chi connectivity index (χ3n) is 5.88. The van der Waals surface area contributed by atoms with Gasteiger partial charge in [0.2, 0.25) is 5.91 Å². The maximum Gasteiger partial charge on any atom is 0.251 e. The van der Waals surface area contributed by atoms with Crippen LogP contribution in [-0.4, -0.2) is 38.4 Å². The second kappa shape index (κ2) is 11.5. The Morgan fingerprint density at radius 3 is 2.59 bits per heavy atom. The van der Waals surface area contributed by atoms with Gasteiger partial charge < -0.3 is 15.2 Å². The maximum absolute atomic E-state index is 12.9. The molecule has 1 aliphatic carbocycles. The lowest BCUT2D eigenvalue weighted by molar-refractivity contribution is -0.119. The van der Waals surface area contributed by atoms with Crippen molar-refractivity contribution in [2.75, 3.05) is 5.75 Å². The van der Waals surface area contributed by atoms with Crippen molar-refractivity contribution in [2.24, 2.45) is 5.92 Å². The second-order valence-corrected chi connectivity index (χ2v) is 9.78. The number of aryl methyl sites for hydroxylation is 1. The Balaban J connectivity index is 1.67. The number of benzene rings is 1. The lowest BCUT2D eigenvalue weighted by atomic mass is 9.95. The second-order valence-electron chi connectivity index (χ2n) is 8.84. The van der Waals surface area contributed by atoms with Crippen molar-refractivity contribution in [3.8, 4) is 0 Å². The van der Waals surface area contributed by atoms with Gasteiger partial charge in [0.05, 0.1) is 11.8 Å². The van der Waals surface area contributed by atoms with E-state index >= 15 is 0 Å². The fraction of sp³-hybridized carbons (Fsp3) is 0.583. The minimum Gasteiger partial charge on any atom is -0.353 e. The van der Waals surface area contributed by atoms with Gasteiger partial charge in [-0.15, -0.1) is 10.2 Å². The van der Waals surface area contributed by atoms with Crippen LogP contribution >= 0.6 is 11.8 Å². The molecule has 2 amide bonds. The van der Waals surface area contributed by atoms with Crippen molar-refractivity contribution < 1.29 is 9.59 Å². The molecule has 0 saturated heterocycles. The van der Waals surface area contributed by atoms with Crippen LogP contribution in [0.25, 0.3) is 0 Å². The van der Waals surface area contributed by atoms with Gasteiger partial charge in [-0.25, -0.2) is 0 Å². The quantitative estimate of drug-likeness (QED) is 0.549. The largest absolute Gasteiger partial charge is 0.353 e. The van der Waals surface area contributed by atoms with Gasteiger partial charge in [0.15, 0.2) is 11.0 Å². The number of nitrogens with one attached hydrogen (secondary N) is 2. The zero-order chi connectivity index (χ0) is 23.1. The molecule has 0 unspecified atom stereocenters. The summed E-state index contributed by atoms with van der Waals surface area (Å²) < 4.78 is 2.00. The van der Waals surface area contributed by atoms with E-state index < -0.39 is 0 Å². The minimum absolute atomic E-state index is 0.0438. The Hall–Kier alpha value is -2.35. The van der Waals surface area contributed by atoms with Crippen molar-refractivity contribution in [1.29, 1.82) is 0 Å². The average molecular weight is 458 g/mol. The first-order valence-electron chi connectivity index (χ1n) is 11.6. The SMILES string of the molecule is CCn1c(SCC(=O)NC2CCCCC2)nnc1[C@H](NC(=O)c1cccc(C)c1)C(C)C. The lowest BCUT2D eigenvalue weighted by Crippen LogP contribution is -2.37. The van der Waals surface area contributed by atoms with E-state index in [0.717, 1.165) is 24.2 Å². The van der Waals surface area contributed by atoms with Crippen LogP contribution in [0, 0.1) is 12.8 Å². The Morgan fingerprint density at radius 1 is 1.19 bits per heavy atom. The minimum atomic E-state index is -0.277. The molecule has 0 spiro atoms. The highest BCUT2D eigenvalue weighted by molar-refractivity contribution is 7.99. The van der Waals surface area contributed by atoms with Crippen molar-refractivity contribution >= 4 is 23.6 Å². The zero-order valence-corrected chi connectivity index (χ0v) is 20.4. The summed E-state index contributed by atoms with van der Waals surface area (Å²) in [6.45, 7) is 8.77. The molecule has 2 N–H and O–H groups in total.